The van der Waals surface area contributed by atoms with Gasteiger partial charge in [0.2, 0.25) is 0 Å². The summed E-state index contributed by atoms with van der Waals surface area (Å²) in [4.78, 5) is 23.0. The first kappa shape index (κ1) is 16.0. The summed E-state index contributed by atoms with van der Waals surface area (Å²) in [6.45, 7) is 5.31. The van der Waals surface area contributed by atoms with E-state index in [0.717, 1.165) is 5.56 Å². The molecule has 0 radical (unpaired) electrons. The first-order valence-corrected chi connectivity index (χ1v) is 6.59. The van der Waals surface area contributed by atoms with Crippen molar-refractivity contribution in [3.8, 4) is 0 Å². The fourth-order valence-corrected chi connectivity index (χ4v) is 1.54. The Morgan fingerprint density at radius 1 is 1.20 bits per heavy atom. The first-order valence-electron chi connectivity index (χ1n) is 6.59. The van der Waals surface area contributed by atoms with E-state index in [9.17, 15) is 9.59 Å². The Labute approximate surface area is 119 Å². The minimum atomic E-state index is -0.571. The lowest BCUT2D eigenvalue weighted by Gasteiger charge is -2.19. The summed E-state index contributed by atoms with van der Waals surface area (Å²) in [5.74, 6) is -0.0346. The molecule has 0 saturated carbocycles. The third-order valence-corrected chi connectivity index (χ3v) is 2.50. The number of nitrogens with two attached hydrogens (primary N) is 1. The van der Waals surface area contributed by atoms with Gasteiger partial charge in [-0.05, 0) is 44.9 Å². The third kappa shape index (κ3) is 6.78. The molecule has 0 unspecified atom stereocenters. The molecule has 0 aliphatic carbocycles. The maximum absolute atomic E-state index is 11.7. The van der Waals surface area contributed by atoms with Gasteiger partial charge in [-0.2, -0.15) is 0 Å². The lowest BCUT2D eigenvalue weighted by Crippen LogP contribution is -2.35. The lowest BCUT2D eigenvalue weighted by atomic mass is 10.1. The van der Waals surface area contributed by atoms with Crippen molar-refractivity contribution in [2.45, 2.75) is 39.2 Å². The number of anilines is 1. The van der Waals surface area contributed by atoms with E-state index in [1.807, 2.05) is 12.1 Å². The summed E-state index contributed by atoms with van der Waals surface area (Å²) in [7, 11) is 0. The third-order valence-electron chi connectivity index (χ3n) is 2.50. The van der Waals surface area contributed by atoms with Crippen LogP contribution in [-0.4, -0.2) is 24.0 Å². The standard InChI is InChI=1S/C15H22N2O3/c1-15(2,3)20-14(19)17-10-13(18)9-6-11-4-7-12(16)8-5-11/h4-5,7-8H,6,9-10,16H2,1-3H3,(H,17,19). The van der Waals surface area contributed by atoms with Crippen LogP contribution in [0.25, 0.3) is 0 Å². The van der Waals surface area contributed by atoms with E-state index in [2.05, 4.69) is 5.32 Å². The Hall–Kier alpha value is -2.04. The average molecular weight is 278 g/mol. The van der Waals surface area contributed by atoms with Gasteiger partial charge in [0.15, 0.2) is 5.78 Å². The van der Waals surface area contributed by atoms with Gasteiger partial charge in [-0.1, -0.05) is 12.1 Å². The smallest absolute Gasteiger partial charge is 0.408 e. The second kappa shape index (κ2) is 6.93. The Balaban J connectivity index is 2.27. The molecular formula is C15H22N2O3. The van der Waals surface area contributed by atoms with Crippen molar-refractivity contribution >= 4 is 17.6 Å². The van der Waals surface area contributed by atoms with Crippen LogP contribution in [0.1, 0.15) is 32.8 Å². The number of hydrogen-bond donors (Lipinski definition) is 2. The molecule has 1 aromatic carbocycles. The molecule has 0 aliphatic heterocycles. The molecule has 1 rings (SSSR count). The van der Waals surface area contributed by atoms with E-state index in [-0.39, 0.29) is 12.3 Å². The molecule has 0 spiro atoms. The normalized spacial score (nSPS) is 10.9. The number of benzene rings is 1. The van der Waals surface area contributed by atoms with Gasteiger partial charge >= 0.3 is 6.09 Å². The fraction of sp³-hybridized carbons (Fsp3) is 0.467. The average Bonchev–Trinajstić information content (AvgIpc) is 2.33. The van der Waals surface area contributed by atoms with Crippen molar-refractivity contribution < 1.29 is 14.3 Å². The Morgan fingerprint density at radius 2 is 1.80 bits per heavy atom. The molecule has 0 bridgehead atoms. The van der Waals surface area contributed by atoms with E-state index >= 15 is 0 Å². The SMILES string of the molecule is CC(C)(C)OC(=O)NCC(=O)CCc1ccc(N)cc1. The van der Waals surface area contributed by atoms with Gasteiger partial charge in [-0.3, -0.25) is 4.79 Å². The van der Waals surface area contributed by atoms with Gasteiger partial charge in [0, 0.05) is 12.1 Å². The molecule has 1 aromatic rings. The van der Waals surface area contributed by atoms with E-state index in [1.54, 1.807) is 32.9 Å². The number of aryl methyl sites for hydroxylation is 1. The molecule has 0 aliphatic rings. The number of nitrogen functional groups attached to an aromatic ring is 1. The van der Waals surface area contributed by atoms with Crippen molar-refractivity contribution in [2.24, 2.45) is 0 Å². The number of alkyl carbamates (subject to hydrolysis) is 1. The quantitative estimate of drug-likeness (QED) is 0.810. The minimum absolute atomic E-state index is 0.0100. The summed E-state index contributed by atoms with van der Waals surface area (Å²) in [5.41, 5.74) is 6.77. The van der Waals surface area contributed by atoms with Gasteiger partial charge < -0.3 is 15.8 Å². The van der Waals surface area contributed by atoms with E-state index in [0.29, 0.717) is 18.5 Å². The molecule has 5 nitrogen and oxygen atoms in total. The van der Waals surface area contributed by atoms with Gasteiger partial charge in [0.05, 0.1) is 6.54 Å². The second-order valence-electron chi connectivity index (χ2n) is 5.64. The van der Waals surface area contributed by atoms with Crippen LogP contribution in [-0.2, 0) is 16.0 Å². The molecule has 5 heteroatoms. The lowest BCUT2D eigenvalue weighted by molar-refractivity contribution is -0.118. The van der Waals surface area contributed by atoms with E-state index < -0.39 is 11.7 Å². The maximum Gasteiger partial charge on any atom is 0.408 e. The number of carbonyl (C=O) groups is 2. The highest BCUT2D eigenvalue weighted by molar-refractivity contribution is 5.84. The Kier molecular flexibility index (Phi) is 5.55. The number of amides is 1. The zero-order valence-corrected chi connectivity index (χ0v) is 12.2. The molecule has 0 atom stereocenters. The summed E-state index contributed by atoms with van der Waals surface area (Å²) in [6, 6.07) is 7.39. The highest BCUT2D eigenvalue weighted by Crippen LogP contribution is 2.08. The molecule has 20 heavy (non-hydrogen) atoms. The van der Waals surface area contributed by atoms with Crippen LogP contribution in [0.5, 0.6) is 0 Å². The van der Waals surface area contributed by atoms with E-state index in [4.69, 9.17) is 10.5 Å². The summed E-state index contributed by atoms with van der Waals surface area (Å²) in [5, 5.41) is 2.45. The number of ketones is 1. The molecule has 0 aromatic heterocycles. The van der Waals surface area contributed by atoms with Crippen LogP contribution >= 0.6 is 0 Å². The number of Topliss-reactive ketones (excluding diaryl/α,β-unsaturated/α-hetero) is 1. The van der Waals surface area contributed by atoms with Crippen LogP contribution in [0.4, 0.5) is 10.5 Å². The van der Waals surface area contributed by atoms with Crippen LogP contribution in [0.2, 0.25) is 0 Å². The van der Waals surface area contributed by atoms with Gasteiger partial charge in [0.1, 0.15) is 5.60 Å². The molecule has 3 N–H and O–H groups in total. The van der Waals surface area contributed by atoms with Crippen LogP contribution in [0, 0.1) is 0 Å². The molecule has 110 valence electrons. The minimum Gasteiger partial charge on any atom is -0.444 e. The molecule has 0 heterocycles. The number of rotatable bonds is 5. The van der Waals surface area contributed by atoms with Crippen molar-refractivity contribution in [1.29, 1.82) is 0 Å². The number of carbonyl (C=O) groups excluding carboxylic acids is 2. The Morgan fingerprint density at radius 3 is 2.35 bits per heavy atom. The molecule has 0 saturated heterocycles. The van der Waals surface area contributed by atoms with Crippen LogP contribution in [0.3, 0.4) is 0 Å². The molecule has 1 amide bonds. The van der Waals surface area contributed by atoms with Crippen LogP contribution < -0.4 is 11.1 Å². The summed E-state index contributed by atoms with van der Waals surface area (Å²) < 4.78 is 5.05. The summed E-state index contributed by atoms with van der Waals surface area (Å²) >= 11 is 0. The van der Waals surface area contributed by atoms with Gasteiger partial charge in [0.25, 0.3) is 0 Å². The fourth-order valence-electron chi connectivity index (χ4n) is 1.54. The van der Waals surface area contributed by atoms with Crippen molar-refractivity contribution in [3.05, 3.63) is 29.8 Å². The number of ether oxygens (including phenoxy) is 1. The first-order chi connectivity index (χ1) is 9.26. The zero-order valence-electron chi connectivity index (χ0n) is 12.2. The maximum atomic E-state index is 11.7. The topological polar surface area (TPSA) is 81.4 Å². The largest absolute Gasteiger partial charge is 0.444 e. The monoisotopic (exact) mass is 278 g/mol. The van der Waals surface area contributed by atoms with Crippen molar-refractivity contribution in [1.82, 2.24) is 5.32 Å². The summed E-state index contributed by atoms with van der Waals surface area (Å²) in [6.07, 6.45) is 0.438. The van der Waals surface area contributed by atoms with Crippen LogP contribution in [0.15, 0.2) is 24.3 Å². The van der Waals surface area contributed by atoms with Gasteiger partial charge in [-0.25, -0.2) is 4.79 Å². The highest BCUT2D eigenvalue weighted by Gasteiger charge is 2.16. The highest BCUT2D eigenvalue weighted by atomic mass is 16.6. The molecular weight excluding hydrogens is 256 g/mol. The molecule has 0 fully saturated rings. The Bertz CT molecular complexity index is 461. The second-order valence-corrected chi connectivity index (χ2v) is 5.64. The number of hydrogen-bond acceptors (Lipinski definition) is 4. The zero-order chi connectivity index (χ0) is 15.2. The number of nitrogens with one attached hydrogen (secondary N) is 1. The predicted molar refractivity (Wildman–Crippen MR) is 78.4 cm³/mol. The van der Waals surface area contributed by atoms with Crippen molar-refractivity contribution in [2.75, 3.05) is 12.3 Å². The van der Waals surface area contributed by atoms with Crippen molar-refractivity contribution in [3.63, 3.8) is 0 Å². The predicted octanol–water partition coefficient (Wildman–Crippen LogP) is 2.30. The van der Waals surface area contributed by atoms with Gasteiger partial charge in [-0.15, -0.1) is 0 Å². The van der Waals surface area contributed by atoms with E-state index in [1.165, 1.54) is 0 Å².